The molecule has 0 saturated carbocycles. The van der Waals surface area contributed by atoms with Gasteiger partial charge in [0, 0.05) is 31.2 Å². The van der Waals surface area contributed by atoms with E-state index in [9.17, 15) is 13.2 Å². The second-order valence-corrected chi connectivity index (χ2v) is 9.45. The zero-order chi connectivity index (χ0) is 18.0. The number of nitrogens with one attached hydrogen (secondary N) is 1. The summed E-state index contributed by atoms with van der Waals surface area (Å²) in [5.74, 6) is -0.000379. The standard InChI is InChI=1S/C18H26N2O4S/c1-13-9-20(10-14(2)24-13)11-15-3-5-16(6-4-15)18(21)19-17-7-8-25(22,23)12-17/h3-6,13-14,17H,7-12H2,1-2H3,(H,19,21)/t13-,14-,17+/m1/s1. The number of hydrogen-bond acceptors (Lipinski definition) is 5. The van der Waals surface area contributed by atoms with Crippen LogP contribution in [0.1, 0.15) is 36.2 Å². The fourth-order valence-electron chi connectivity index (χ4n) is 3.61. The molecule has 2 saturated heterocycles. The van der Waals surface area contributed by atoms with Gasteiger partial charge in [0.25, 0.3) is 5.91 Å². The van der Waals surface area contributed by atoms with Gasteiger partial charge in [-0.3, -0.25) is 9.69 Å². The Morgan fingerprint density at radius 3 is 2.40 bits per heavy atom. The van der Waals surface area contributed by atoms with Crippen molar-refractivity contribution in [2.24, 2.45) is 0 Å². The average molecular weight is 366 g/mol. The highest BCUT2D eigenvalue weighted by Crippen LogP contribution is 2.16. The van der Waals surface area contributed by atoms with E-state index in [1.54, 1.807) is 12.1 Å². The molecule has 0 aliphatic carbocycles. The van der Waals surface area contributed by atoms with Crippen molar-refractivity contribution in [2.75, 3.05) is 24.6 Å². The van der Waals surface area contributed by atoms with Gasteiger partial charge in [-0.15, -0.1) is 0 Å². The van der Waals surface area contributed by atoms with Gasteiger partial charge in [0.05, 0.1) is 23.7 Å². The van der Waals surface area contributed by atoms with Crippen LogP contribution in [0.3, 0.4) is 0 Å². The maximum atomic E-state index is 12.3. The first kappa shape index (κ1) is 18.4. The molecule has 25 heavy (non-hydrogen) atoms. The van der Waals surface area contributed by atoms with Gasteiger partial charge >= 0.3 is 0 Å². The van der Waals surface area contributed by atoms with Crippen LogP contribution >= 0.6 is 0 Å². The fourth-order valence-corrected chi connectivity index (χ4v) is 5.28. The Morgan fingerprint density at radius 2 is 1.84 bits per heavy atom. The minimum absolute atomic E-state index is 0.0459. The number of benzene rings is 1. The van der Waals surface area contributed by atoms with Crippen LogP contribution in [0.5, 0.6) is 0 Å². The van der Waals surface area contributed by atoms with Crippen molar-refractivity contribution < 1.29 is 17.9 Å². The molecular formula is C18H26N2O4S. The Bertz CT molecular complexity index is 707. The lowest BCUT2D eigenvalue weighted by molar-refractivity contribution is -0.0704. The molecule has 1 amide bonds. The summed E-state index contributed by atoms with van der Waals surface area (Å²) in [6.45, 7) is 6.81. The molecule has 0 bridgehead atoms. The maximum absolute atomic E-state index is 12.3. The second-order valence-electron chi connectivity index (χ2n) is 7.22. The molecule has 0 aromatic heterocycles. The molecule has 0 spiro atoms. The fraction of sp³-hybridized carbons (Fsp3) is 0.611. The molecule has 2 aliphatic heterocycles. The van der Waals surface area contributed by atoms with E-state index in [-0.39, 0.29) is 35.7 Å². The van der Waals surface area contributed by atoms with Crippen molar-refractivity contribution >= 4 is 15.7 Å². The summed E-state index contributed by atoms with van der Waals surface area (Å²) in [5.41, 5.74) is 1.72. The summed E-state index contributed by atoms with van der Waals surface area (Å²) in [5, 5.41) is 2.82. The third-order valence-electron chi connectivity index (χ3n) is 4.69. The van der Waals surface area contributed by atoms with Crippen LogP contribution in [0.4, 0.5) is 0 Å². The molecule has 3 rings (SSSR count). The average Bonchev–Trinajstić information content (AvgIpc) is 2.85. The lowest BCUT2D eigenvalue weighted by atomic mass is 10.1. The van der Waals surface area contributed by atoms with Crippen molar-refractivity contribution in [1.29, 1.82) is 0 Å². The number of carbonyl (C=O) groups is 1. The summed E-state index contributed by atoms with van der Waals surface area (Å²) in [4.78, 5) is 14.6. The van der Waals surface area contributed by atoms with E-state index in [1.807, 2.05) is 12.1 Å². The van der Waals surface area contributed by atoms with E-state index in [0.717, 1.165) is 25.2 Å². The number of hydrogen-bond donors (Lipinski definition) is 1. The summed E-state index contributed by atoms with van der Waals surface area (Å²) >= 11 is 0. The first-order valence-corrected chi connectivity index (χ1v) is 10.6. The monoisotopic (exact) mass is 366 g/mol. The Balaban J connectivity index is 1.55. The zero-order valence-corrected chi connectivity index (χ0v) is 15.6. The van der Waals surface area contributed by atoms with Gasteiger partial charge in [0.2, 0.25) is 0 Å². The molecule has 138 valence electrons. The van der Waals surface area contributed by atoms with Gasteiger partial charge in [-0.05, 0) is 38.0 Å². The molecule has 0 radical (unpaired) electrons. The van der Waals surface area contributed by atoms with Gasteiger partial charge < -0.3 is 10.1 Å². The topological polar surface area (TPSA) is 75.7 Å². The number of rotatable bonds is 4. The van der Waals surface area contributed by atoms with Crippen molar-refractivity contribution in [1.82, 2.24) is 10.2 Å². The molecule has 2 aliphatic rings. The Morgan fingerprint density at radius 1 is 1.20 bits per heavy atom. The number of morpholine rings is 1. The normalized spacial score (nSPS) is 29.4. The van der Waals surface area contributed by atoms with E-state index >= 15 is 0 Å². The van der Waals surface area contributed by atoms with Crippen LogP contribution < -0.4 is 5.32 Å². The van der Waals surface area contributed by atoms with Gasteiger partial charge in [-0.25, -0.2) is 8.42 Å². The summed E-state index contributed by atoms with van der Waals surface area (Å²) in [6, 6.07) is 7.27. The largest absolute Gasteiger partial charge is 0.373 e. The molecule has 6 nitrogen and oxygen atoms in total. The van der Waals surface area contributed by atoms with E-state index in [4.69, 9.17) is 4.74 Å². The van der Waals surface area contributed by atoms with Crippen molar-refractivity contribution in [2.45, 2.75) is 45.1 Å². The number of sulfone groups is 1. The van der Waals surface area contributed by atoms with Gasteiger partial charge in [-0.1, -0.05) is 12.1 Å². The highest BCUT2D eigenvalue weighted by molar-refractivity contribution is 7.91. The van der Waals surface area contributed by atoms with Crippen molar-refractivity contribution in [3.8, 4) is 0 Å². The minimum atomic E-state index is -2.99. The summed E-state index contributed by atoms with van der Waals surface area (Å²) in [7, 11) is -2.99. The lowest BCUT2D eigenvalue weighted by Crippen LogP contribution is -2.44. The number of amides is 1. The molecule has 1 aromatic carbocycles. The third-order valence-corrected chi connectivity index (χ3v) is 6.45. The van der Waals surface area contributed by atoms with Crippen molar-refractivity contribution in [3.05, 3.63) is 35.4 Å². The van der Waals surface area contributed by atoms with Crippen molar-refractivity contribution in [3.63, 3.8) is 0 Å². The predicted octanol–water partition coefficient (Wildman–Crippen LogP) is 1.21. The first-order valence-electron chi connectivity index (χ1n) is 8.79. The Kier molecular flexibility index (Phi) is 5.46. The molecule has 2 heterocycles. The smallest absolute Gasteiger partial charge is 0.251 e. The Hall–Kier alpha value is -1.44. The number of carbonyl (C=O) groups excluding carboxylic acids is 1. The van der Waals surface area contributed by atoms with Crippen LogP contribution in [0.25, 0.3) is 0 Å². The minimum Gasteiger partial charge on any atom is -0.373 e. The quantitative estimate of drug-likeness (QED) is 0.867. The van der Waals surface area contributed by atoms with E-state index < -0.39 is 9.84 Å². The number of ether oxygens (including phenoxy) is 1. The Labute approximate surface area is 149 Å². The molecule has 1 N–H and O–H groups in total. The summed E-state index contributed by atoms with van der Waals surface area (Å²) in [6.07, 6.45) is 0.965. The maximum Gasteiger partial charge on any atom is 0.251 e. The van der Waals surface area contributed by atoms with Gasteiger partial charge in [-0.2, -0.15) is 0 Å². The molecule has 3 atom stereocenters. The SMILES string of the molecule is C[C@@H]1CN(Cc2ccc(C(=O)N[C@H]3CCS(=O)(=O)C3)cc2)C[C@@H](C)O1. The van der Waals surface area contributed by atoms with Crippen LogP contribution in [-0.2, 0) is 21.1 Å². The highest BCUT2D eigenvalue weighted by Gasteiger charge is 2.29. The predicted molar refractivity (Wildman–Crippen MR) is 96.3 cm³/mol. The molecule has 0 unspecified atom stereocenters. The third kappa shape index (κ3) is 5.03. The van der Waals surface area contributed by atoms with Gasteiger partial charge in [0.1, 0.15) is 0 Å². The second kappa shape index (κ2) is 7.43. The molecular weight excluding hydrogens is 340 g/mol. The van der Waals surface area contributed by atoms with Crippen LogP contribution in [0.2, 0.25) is 0 Å². The van der Waals surface area contributed by atoms with Crippen LogP contribution in [0.15, 0.2) is 24.3 Å². The summed E-state index contributed by atoms with van der Waals surface area (Å²) < 4.78 is 28.7. The van der Waals surface area contributed by atoms with E-state index in [1.165, 1.54) is 0 Å². The molecule has 1 aromatic rings. The zero-order valence-electron chi connectivity index (χ0n) is 14.8. The lowest BCUT2D eigenvalue weighted by Gasteiger charge is -2.35. The number of nitrogens with zero attached hydrogens (tertiary/aromatic N) is 1. The van der Waals surface area contributed by atoms with Gasteiger partial charge in [0.15, 0.2) is 9.84 Å². The highest BCUT2D eigenvalue weighted by atomic mass is 32.2. The van der Waals surface area contributed by atoms with E-state index in [0.29, 0.717) is 12.0 Å². The van der Waals surface area contributed by atoms with E-state index in [2.05, 4.69) is 24.1 Å². The first-order chi connectivity index (χ1) is 11.8. The van der Waals surface area contributed by atoms with Crippen LogP contribution in [-0.4, -0.2) is 62.1 Å². The molecule has 7 heteroatoms. The van der Waals surface area contributed by atoms with Crippen LogP contribution in [0, 0.1) is 0 Å². The molecule has 2 fully saturated rings.